The Labute approximate surface area is 127 Å². The zero-order chi connectivity index (χ0) is 15.1. The van der Waals surface area contributed by atoms with E-state index in [1.54, 1.807) is 0 Å². The van der Waals surface area contributed by atoms with Crippen LogP contribution in [0.4, 0.5) is 5.82 Å². The molecule has 1 N–H and O–H groups in total. The van der Waals surface area contributed by atoms with Gasteiger partial charge in [0.25, 0.3) is 0 Å². The fraction of sp³-hybridized carbons (Fsp3) is 0.389. The summed E-state index contributed by atoms with van der Waals surface area (Å²) in [4.78, 5) is 4.55. The average Bonchev–Trinajstić information content (AvgIpc) is 2.51. The van der Waals surface area contributed by atoms with E-state index in [4.69, 9.17) is 4.74 Å². The maximum atomic E-state index is 5.85. The minimum absolute atomic E-state index is 0.489. The van der Waals surface area contributed by atoms with Gasteiger partial charge in [-0.2, -0.15) is 0 Å². The molecule has 21 heavy (non-hydrogen) atoms. The van der Waals surface area contributed by atoms with E-state index < -0.39 is 0 Å². The lowest BCUT2D eigenvalue weighted by Crippen LogP contribution is -2.05. The molecule has 3 nitrogen and oxygen atoms in total. The predicted octanol–water partition coefficient (Wildman–Crippen LogP) is 4.61. The van der Waals surface area contributed by atoms with Crippen LogP contribution < -0.4 is 10.1 Å². The Balaban J connectivity index is 1.97. The maximum Gasteiger partial charge on any atom is 0.130 e. The first-order valence-corrected chi connectivity index (χ1v) is 7.61. The van der Waals surface area contributed by atoms with Crippen LogP contribution in [-0.4, -0.2) is 11.5 Å². The first-order valence-electron chi connectivity index (χ1n) is 7.61. The molecule has 1 aromatic carbocycles. The number of nitrogens with zero attached hydrogens (tertiary/aromatic N) is 1. The second kappa shape index (κ2) is 7.67. The molecule has 0 amide bonds. The number of anilines is 1. The number of rotatable bonds is 7. The van der Waals surface area contributed by atoms with Crippen molar-refractivity contribution in [1.82, 2.24) is 4.98 Å². The van der Waals surface area contributed by atoms with Crippen molar-refractivity contribution in [2.24, 2.45) is 0 Å². The van der Waals surface area contributed by atoms with Crippen molar-refractivity contribution >= 4 is 5.82 Å². The van der Waals surface area contributed by atoms with Crippen LogP contribution in [0.25, 0.3) is 0 Å². The standard InChI is InChI=1S/C18H24N2O/c1-4-11-19-18-10-6-8-16(20-18)13-21-17-9-5-7-15(12-17)14(2)3/h5-10,12,14H,4,11,13H2,1-3H3,(H,19,20). The highest BCUT2D eigenvalue weighted by atomic mass is 16.5. The van der Waals surface area contributed by atoms with Crippen molar-refractivity contribution in [1.29, 1.82) is 0 Å². The smallest absolute Gasteiger partial charge is 0.130 e. The molecule has 0 atom stereocenters. The first-order chi connectivity index (χ1) is 10.2. The number of hydrogen-bond acceptors (Lipinski definition) is 3. The molecule has 3 heteroatoms. The van der Waals surface area contributed by atoms with Crippen LogP contribution >= 0.6 is 0 Å². The first kappa shape index (κ1) is 15.4. The SMILES string of the molecule is CCCNc1cccc(COc2cccc(C(C)C)c2)n1. The third-order valence-corrected chi connectivity index (χ3v) is 3.27. The van der Waals surface area contributed by atoms with Crippen molar-refractivity contribution in [3.05, 3.63) is 53.7 Å². The molecule has 0 saturated heterocycles. The molecule has 1 aromatic heterocycles. The van der Waals surface area contributed by atoms with Gasteiger partial charge in [0.15, 0.2) is 0 Å². The van der Waals surface area contributed by atoms with E-state index in [9.17, 15) is 0 Å². The van der Waals surface area contributed by atoms with Crippen LogP contribution in [0.5, 0.6) is 5.75 Å². The highest BCUT2D eigenvalue weighted by Gasteiger charge is 2.02. The van der Waals surface area contributed by atoms with Crippen LogP contribution in [0.15, 0.2) is 42.5 Å². The molecule has 2 rings (SSSR count). The van der Waals surface area contributed by atoms with Crippen molar-refractivity contribution < 1.29 is 4.74 Å². The van der Waals surface area contributed by atoms with Crippen molar-refractivity contribution in [3.63, 3.8) is 0 Å². The van der Waals surface area contributed by atoms with Crippen molar-refractivity contribution in [2.45, 2.75) is 39.7 Å². The summed E-state index contributed by atoms with van der Waals surface area (Å²) in [5.41, 5.74) is 2.23. The number of hydrogen-bond donors (Lipinski definition) is 1. The van der Waals surface area contributed by atoms with E-state index in [-0.39, 0.29) is 0 Å². The van der Waals surface area contributed by atoms with Gasteiger partial charge in [-0.15, -0.1) is 0 Å². The van der Waals surface area contributed by atoms with Gasteiger partial charge in [0.05, 0.1) is 5.69 Å². The summed E-state index contributed by atoms with van der Waals surface area (Å²) in [6.45, 7) is 7.94. The van der Waals surface area contributed by atoms with E-state index in [1.165, 1.54) is 5.56 Å². The van der Waals surface area contributed by atoms with Crippen LogP contribution in [0.3, 0.4) is 0 Å². The Hall–Kier alpha value is -2.03. The largest absolute Gasteiger partial charge is 0.487 e. The lowest BCUT2D eigenvalue weighted by atomic mass is 10.0. The van der Waals surface area contributed by atoms with Gasteiger partial charge in [0.2, 0.25) is 0 Å². The zero-order valence-corrected chi connectivity index (χ0v) is 13.1. The highest BCUT2D eigenvalue weighted by Crippen LogP contribution is 2.20. The van der Waals surface area contributed by atoms with Gasteiger partial charge in [0.1, 0.15) is 18.2 Å². The minimum Gasteiger partial charge on any atom is -0.487 e. The van der Waals surface area contributed by atoms with Gasteiger partial charge < -0.3 is 10.1 Å². The molecular weight excluding hydrogens is 260 g/mol. The minimum atomic E-state index is 0.489. The molecule has 0 aliphatic rings. The third kappa shape index (κ3) is 4.78. The fourth-order valence-electron chi connectivity index (χ4n) is 2.03. The lowest BCUT2D eigenvalue weighted by molar-refractivity contribution is 0.301. The molecule has 0 aliphatic heterocycles. The molecule has 0 saturated carbocycles. The quantitative estimate of drug-likeness (QED) is 0.806. The summed E-state index contributed by atoms with van der Waals surface area (Å²) < 4.78 is 5.85. The predicted molar refractivity (Wildman–Crippen MR) is 87.9 cm³/mol. The van der Waals surface area contributed by atoms with Gasteiger partial charge >= 0.3 is 0 Å². The molecule has 0 unspecified atom stereocenters. The highest BCUT2D eigenvalue weighted by molar-refractivity contribution is 5.35. The summed E-state index contributed by atoms with van der Waals surface area (Å²) in [7, 11) is 0. The number of ether oxygens (including phenoxy) is 1. The van der Waals surface area contributed by atoms with E-state index in [0.717, 1.165) is 30.2 Å². The Morgan fingerprint density at radius 2 is 1.95 bits per heavy atom. The number of pyridine rings is 1. The van der Waals surface area contributed by atoms with Crippen LogP contribution in [0.1, 0.15) is 44.4 Å². The molecule has 0 fully saturated rings. The summed E-state index contributed by atoms with van der Waals surface area (Å²) in [5, 5.41) is 3.29. The zero-order valence-electron chi connectivity index (χ0n) is 13.1. The average molecular weight is 284 g/mol. The van der Waals surface area contributed by atoms with Gasteiger partial charge in [-0.05, 0) is 42.2 Å². The lowest BCUT2D eigenvalue weighted by Gasteiger charge is -2.10. The molecule has 2 aromatic rings. The van der Waals surface area contributed by atoms with Gasteiger partial charge in [0, 0.05) is 6.54 Å². The van der Waals surface area contributed by atoms with Gasteiger partial charge in [-0.1, -0.05) is 39.0 Å². The van der Waals surface area contributed by atoms with Crippen LogP contribution in [0.2, 0.25) is 0 Å². The van der Waals surface area contributed by atoms with Crippen molar-refractivity contribution in [2.75, 3.05) is 11.9 Å². The fourth-order valence-corrected chi connectivity index (χ4v) is 2.03. The van der Waals surface area contributed by atoms with E-state index >= 15 is 0 Å². The van der Waals surface area contributed by atoms with Gasteiger partial charge in [-0.3, -0.25) is 0 Å². The number of benzene rings is 1. The Kier molecular flexibility index (Phi) is 5.61. The van der Waals surface area contributed by atoms with Gasteiger partial charge in [-0.25, -0.2) is 4.98 Å². The summed E-state index contributed by atoms with van der Waals surface area (Å²) >= 11 is 0. The summed E-state index contributed by atoms with van der Waals surface area (Å²) in [6.07, 6.45) is 1.09. The topological polar surface area (TPSA) is 34.1 Å². The molecule has 0 aliphatic carbocycles. The second-order valence-electron chi connectivity index (χ2n) is 5.46. The second-order valence-corrected chi connectivity index (χ2v) is 5.46. The van der Waals surface area contributed by atoms with Crippen LogP contribution in [0, 0.1) is 0 Å². The Bertz CT molecular complexity index is 567. The number of aromatic nitrogens is 1. The molecule has 0 bridgehead atoms. The van der Waals surface area contributed by atoms with E-state index in [2.05, 4.69) is 43.2 Å². The third-order valence-electron chi connectivity index (χ3n) is 3.27. The molecule has 1 heterocycles. The summed E-state index contributed by atoms with van der Waals surface area (Å²) in [5.74, 6) is 2.32. The van der Waals surface area contributed by atoms with Crippen molar-refractivity contribution in [3.8, 4) is 5.75 Å². The monoisotopic (exact) mass is 284 g/mol. The summed E-state index contributed by atoms with van der Waals surface area (Å²) in [6, 6.07) is 14.2. The molecule has 0 radical (unpaired) electrons. The van der Waals surface area contributed by atoms with E-state index in [0.29, 0.717) is 12.5 Å². The Morgan fingerprint density at radius 3 is 2.71 bits per heavy atom. The van der Waals surface area contributed by atoms with Crippen LogP contribution in [-0.2, 0) is 6.61 Å². The maximum absolute atomic E-state index is 5.85. The Morgan fingerprint density at radius 1 is 1.14 bits per heavy atom. The molecule has 112 valence electrons. The molecular formula is C18H24N2O. The van der Waals surface area contributed by atoms with E-state index in [1.807, 2.05) is 30.3 Å². The number of nitrogens with one attached hydrogen (secondary N) is 1. The molecule has 0 spiro atoms. The normalized spacial score (nSPS) is 10.7.